The van der Waals surface area contributed by atoms with Crippen LogP contribution in [0.3, 0.4) is 0 Å². The maximum atomic E-state index is 17.7. The number of hydrogen-bond acceptors (Lipinski definition) is 15. The third kappa shape index (κ3) is 12.4. The fourth-order valence-corrected chi connectivity index (χ4v) is 14.9. The van der Waals surface area contributed by atoms with Gasteiger partial charge in [-0.1, -0.05) is 12.0 Å². The summed E-state index contributed by atoms with van der Waals surface area (Å²) in [6.45, 7) is 20.0. The molecule has 2 bridgehead atoms. The first-order chi connectivity index (χ1) is 42.3. The Kier molecular flexibility index (Phi) is 17.4. The second-order valence-corrected chi connectivity index (χ2v) is 26.7. The van der Waals surface area contributed by atoms with Crippen LogP contribution in [0.25, 0.3) is 44.0 Å². The van der Waals surface area contributed by atoms with Crippen molar-refractivity contribution < 1.29 is 42.1 Å². The molecule has 4 atom stereocenters. The first kappa shape index (κ1) is 60.9. The van der Waals surface area contributed by atoms with Gasteiger partial charge in [-0.25, -0.2) is 18.4 Å². The molecule has 0 aliphatic carbocycles. The molecule has 0 spiro atoms. The van der Waals surface area contributed by atoms with Crippen molar-refractivity contribution >= 4 is 62.1 Å². The van der Waals surface area contributed by atoms with E-state index in [1.165, 1.54) is 32.4 Å². The normalized spacial score (nSPS) is 21.6. The molecule has 6 aliphatic rings. The third-order valence-corrected chi connectivity index (χ3v) is 19.3. The van der Waals surface area contributed by atoms with E-state index in [0.29, 0.717) is 59.1 Å². The molecule has 19 nitrogen and oxygen atoms in total. The van der Waals surface area contributed by atoms with Gasteiger partial charge in [-0.2, -0.15) is 9.97 Å². The molecule has 9 heterocycles. The predicted molar refractivity (Wildman–Crippen MR) is 334 cm³/mol. The van der Waals surface area contributed by atoms with Crippen LogP contribution in [0.5, 0.6) is 11.8 Å². The van der Waals surface area contributed by atoms with Crippen molar-refractivity contribution in [2.45, 2.75) is 148 Å². The number of carbonyl (C=O) groups excluding carboxylic acids is 3. The van der Waals surface area contributed by atoms with E-state index in [4.69, 9.17) is 40.3 Å². The van der Waals surface area contributed by atoms with Crippen LogP contribution in [0.2, 0.25) is 0 Å². The summed E-state index contributed by atoms with van der Waals surface area (Å²) >= 11 is 0. The molecule has 21 heteroatoms. The summed E-state index contributed by atoms with van der Waals surface area (Å²) in [6, 6.07) is 11.2. The summed E-state index contributed by atoms with van der Waals surface area (Å²) in [4.78, 5) is 78.1. The topological polar surface area (TPSA) is 182 Å². The van der Waals surface area contributed by atoms with Crippen molar-refractivity contribution in [3.8, 4) is 35.4 Å². The predicted octanol–water partition coefficient (Wildman–Crippen LogP) is 9.85. The van der Waals surface area contributed by atoms with E-state index in [0.717, 1.165) is 107 Å². The quantitative estimate of drug-likeness (QED) is 0.0549. The molecule has 6 aromatic rings. The maximum absolute atomic E-state index is 17.7. The number of nitrogens with zero attached hydrogens (tertiary/aromatic N) is 10. The third-order valence-electron chi connectivity index (χ3n) is 19.3. The number of ether oxygens (including phenoxy) is 4. The number of imide groups is 1. The highest BCUT2D eigenvalue weighted by Crippen LogP contribution is 2.42. The second-order valence-electron chi connectivity index (χ2n) is 26.7. The molecule has 6 fully saturated rings. The van der Waals surface area contributed by atoms with Crippen LogP contribution in [0.4, 0.5) is 25.1 Å². The number of aromatic nitrogens is 5. The molecule has 3 aromatic heterocycles. The molecule has 3 aromatic carbocycles. The Hall–Kier alpha value is -7.41. The fourth-order valence-electron chi connectivity index (χ4n) is 14.9. The lowest BCUT2D eigenvalue weighted by Gasteiger charge is -2.42. The van der Waals surface area contributed by atoms with E-state index in [-0.39, 0.29) is 90.0 Å². The van der Waals surface area contributed by atoms with Crippen LogP contribution in [-0.4, -0.2) is 160 Å². The Labute approximate surface area is 513 Å². The van der Waals surface area contributed by atoms with Gasteiger partial charge in [-0.05, 0) is 191 Å². The van der Waals surface area contributed by atoms with Crippen molar-refractivity contribution in [2.24, 2.45) is 17.8 Å². The number of likely N-dealkylation sites (tertiary alicyclic amines) is 2. The van der Waals surface area contributed by atoms with Gasteiger partial charge in [0, 0.05) is 81.2 Å². The Morgan fingerprint density at radius 3 is 2.19 bits per heavy atom. The highest BCUT2D eigenvalue weighted by molar-refractivity contribution is 6.03. The minimum absolute atomic E-state index is 0.0161. The maximum Gasteiger partial charge on any atom is 0.410 e. The zero-order valence-corrected chi connectivity index (χ0v) is 51.9. The van der Waals surface area contributed by atoms with Crippen LogP contribution < -0.4 is 30.3 Å². The summed E-state index contributed by atoms with van der Waals surface area (Å²) in [5.74, 6) is 3.19. The van der Waals surface area contributed by atoms with Crippen molar-refractivity contribution in [2.75, 3.05) is 89.2 Å². The van der Waals surface area contributed by atoms with Crippen LogP contribution in [0.15, 0.2) is 53.5 Å². The molecule has 0 saturated carbocycles. The fraction of sp³-hybridized carbons (Fsp3) is 0.567. The van der Waals surface area contributed by atoms with Gasteiger partial charge in [-0.3, -0.25) is 38.8 Å². The Bertz CT molecular complexity index is 3710. The zero-order chi connectivity index (χ0) is 61.7. The van der Waals surface area contributed by atoms with Gasteiger partial charge >= 0.3 is 17.8 Å². The van der Waals surface area contributed by atoms with Crippen LogP contribution in [-0.2, 0) is 19.1 Å². The smallest absolute Gasteiger partial charge is 0.410 e. The van der Waals surface area contributed by atoms with Crippen molar-refractivity contribution in [1.82, 2.24) is 44.1 Å². The molecule has 3 amide bonds. The number of pyridine rings is 1. The number of fused-ring (bicyclic) bond motifs is 5. The van der Waals surface area contributed by atoms with E-state index >= 15 is 8.78 Å². The van der Waals surface area contributed by atoms with Gasteiger partial charge in [-0.15, -0.1) is 6.42 Å². The lowest BCUT2D eigenvalue weighted by molar-refractivity contribution is -0.135. The molecule has 6 aliphatic heterocycles. The number of piperidine rings is 4. The van der Waals surface area contributed by atoms with Gasteiger partial charge in [0.05, 0.1) is 34.1 Å². The number of rotatable bonds is 16. The lowest BCUT2D eigenvalue weighted by Crippen LogP contribution is -2.57. The van der Waals surface area contributed by atoms with Gasteiger partial charge in [0.25, 0.3) is 0 Å². The van der Waals surface area contributed by atoms with Crippen LogP contribution in [0.1, 0.15) is 130 Å². The monoisotopic (exact) mass is 1210 g/mol. The standard InChI is InChI=1S/C67H83F2N11O8/c1-9-50-53(68)14-10-45-31-49(87-39-85-8)33-51(58(45)50)60-59(69)61-52(34-70-60)62(77-36-47-11-12-48(37-77)79(47)66(84)88-67(5,6)7)73-64(72-61)86-38-41(4)75-26-20-43(21-27-75)30-42-18-24-74(25-19-42)35-44-22-28-76(29-23-44)46-13-15-54-56(32-46)78(40(2)3)65(83)80(54)55-16-17-57(81)71-63(55)82/h1,10,13-15,31-34,40-44,47-48,55H,11-12,16-30,35-39H2,2-8H3,(H,71,81,82)/t41-,47?,48?,55?/m0/s1. The number of anilines is 2. The number of nitrogens with one attached hydrogen (secondary N) is 1. The number of terminal acetylenes is 1. The Morgan fingerprint density at radius 1 is 0.818 bits per heavy atom. The van der Waals surface area contributed by atoms with Gasteiger partial charge in [0.15, 0.2) is 12.6 Å². The molecule has 1 N–H and O–H groups in total. The molecule has 88 heavy (non-hydrogen) atoms. The number of amides is 3. The Morgan fingerprint density at radius 2 is 1.52 bits per heavy atom. The lowest BCUT2D eigenvalue weighted by atomic mass is 9.82. The first-order valence-corrected chi connectivity index (χ1v) is 31.7. The van der Waals surface area contributed by atoms with E-state index in [1.54, 1.807) is 33.5 Å². The molecule has 3 unspecified atom stereocenters. The molecule has 0 radical (unpaired) electrons. The van der Waals surface area contributed by atoms with Crippen molar-refractivity contribution in [3.63, 3.8) is 0 Å². The van der Waals surface area contributed by atoms with Gasteiger partial charge in [0.2, 0.25) is 11.8 Å². The SMILES string of the molecule is C#Cc1c(F)ccc2cc(OCOC)cc(-c3ncc4c(N5CC6CCC(C5)N6C(=O)OC(C)(C)C)nc(OC[C@H](C)N5CCC(CC6CCN(CC7CCN(c8ccc9c(c8)n(C(C)C)c(=O)n9C8CCC(=O)NC8=O)CC7)CC6)CC5)nc4c3F)c12. The molecular weight excluding hydrogens is 1120 g/mol. The summed E-state index contributed by atoms with van der Waals surface area (Å²) in [7, 11) is 1.50. The average molecular weight is 1210 g/mol. The number of halogens is 2. The number of carbonyl (C=O) groups is 3. The van der Waals surface area contributed by atoms with E-state index in [9.17, 15) is 19.2 Å². The van der Waals surface area contributed by atoms with Crippen LogP contribution in [0, 0.1) is 41.7 Å². The molecule has 468 valence electrons. The number of imidazole rings is 1. The average Bonchev–Trinajstić information content (AvgIpc) is 1.93. The minimum Gasteiger partial charge on any atom is -0.468 e. The van der Waals surface area contributed by atoms with Gasteiger partial charge in [0.1, 0.15) is 46.8 Å². The highest BCUT2D eigenvalue weighted by Gasteiger charge is 2.45. The minimum atomic E-state index is -0.756. The summed E-state index contributed by atoms with van der Waals surface area (Å²) < 4.78 is 59.8. The first-order valence-electron chi connectivity index (χ1n) is 31.7. The van der Waals surface area contributed by atoms with Crippen molar-refractivity contribution in [3.05, 3.63) is 76.3 Å². The largest absolute Gasteiger partial charge is 0.468 e. The zero-order valence-electron chi connectivity index (χ0n) is 51.9. The number of methoxy groups -OCH3 is 1. The second kappa shape index (κ2) is 25.2. The van der Waals surface area contributed by atoms with E-state index < -0.39 is 29.2 Å². The van der Waals surface area contributed by atoms with E-state index in [1.807, 2.05) is 45.6 Å². The van der Waals surface area contributed by atoms with Gasteiger partial charge < -0.3 is 33.6 Å². The number of piperazine rings is 1. The molecular formula is C67H83F2N11O8. The van der Waals surface area contributed by atoms with Crippen molar-refractivity contribution in [1.29, 1.82) is 0 Å². The van der Waals surface area contributed by atoms with Crippen LogP contribution >= 0.6 is 0 Å². The molecule has 6 saturated heterocycles. The summed E-state index contributed by atoms with van der Waals surface area (Å²) in [5, 5.41) is 3.63. The molecule has 12 rings (SSSR count). The van der Waals surface area contributed by atoms with E-state index in [2.05, 4.69) is 49.9 Å². The number of hydrogen-bond donors (Lipinski definition) is 1. The summed E-state index contributed by atoms with van der Waals surface area (Å²) in [5.41, 5.74) is 1.84. The Balaban J connectivity index is 0.668. The number of benzene rings is 3. The summed E-state index contributed by atoms with van der Waals surface area (Å²) in [6.07, 6.45) is 17.3. The highest BCUT2D eigenvalue weighted by atomic mass is 19.1.